The monoisotopic (exact) mass is 254 g/mol. The fraction of sp³-hybridized carbons (Fsp3) is 0.929. The predicted octanol–water partition coefficient (Wildman–Crippen LogP) is 1.80. The average Bonchev–Trinajstić information content (AvgIpc) is 3.00. The predicted molar refractivity (Wildman–Crippen MR) is 71.8 cm³/mol. The summed E-state index contributed by atoms with van der Waals surface area (Å²) in [4.78, 5) is 15.6. The molecule has 0 atom stereocenters. The molecule has 0 spiro atoms. The van der Waals surface area contributed by atoms with Gasteiger partial charge in [0.15, 0.2) is 0 Å². The Balaban J connectivity index is 1.71. The first kappa shape index (κ1) is 13.8. The van der Waals surface area contributed by atoms with Gasteiger partial charge >= 0.3 is 5.97 Å². The largest absolute Gasteiger partial charge is 0.480 e. The van der Waals surface area contributed by atoms with Crippen molar-refractivity contribution in [1.29, 1.82) is 0 Å². The summed E-state index contributed by atoms with van der Waals surface area (Å²) in [5.41, 5.74) is 0. The van der Waals surface area contributed by atoms with Crippen LogP contribution in [0.1, 0.15) is 44.9 Å². The lowest BCUT2D eigenvalue weighted by atomic mass is 10.2. The van der Waals surface area contributed by atoms with Gasteiger partial charge in [0.25, 0.3) is 0 Å². The molecule has 0 radical (unpaired) electrons. The maximum atomic E-state index is 10.9. The second-order valence-corrected chi connectivity index (χ2v) is 5.70. The summed E-state index contributed by atoms with van der Waals surface area (Å²) in [6, 6.07) is 0.527. The summed E-state index contributed by atoms with van der Waals surface area (Å²) in [5, 5.41) is 9.00. The first-order chi connectivity index (χ1) is 8.75. The summed E-state index contributed by atoms with van der Waals surface area (Å²) in [6.07, 6.45) is 8.71. The zero-order chi connectivity index (χ0) is 12.8. The Morgan fingerprint density at radius 3 is 2.44 bits per heavy atom. The number of carbonyl (C=O) groups is 1. The third kappa shape index (κ3) is 4.25. The van der Waals surface area contributed by atoms with E-state index in [1.165, 1.54) is 51.6 Å². The Bertz CT molecular complexity index is 259. The van der Waals surface area contributed by atoms with Crippen molar-refractivity contribution in [2.75, 3.05) is 32.7 Å². The first-order valence-electron chi connectivity index (χ1n) is 7.44. The second-order valence-electron chi connectivity index (χ2n) is 5.70. The Morgan fingerprint density at radius 2 is 1.83 bits per heavy atom. The van der Waals surface area contributed by atoms with Gasteiger partial charge in [-0.25, -0.2) is 0 Å². The molecule has 1 saturated carbocycles. The highest BCUT2D eigenvalue weighted by Crippen LogP contribution is 2.23. The molecule has 1 N–H and O–H groups in total. The summed E-state index contributed by atoms with van der Waals surface area (Å²) < 4.78 is 0. The van der Waals surface area contributed by atoms with Gasteiger partial charge in [0, 0.05) is 12.6 Å². The van der Waals surface area contributed by atoms with E-state index in [-0.39, 0.29) is 6.54 Å². The van der Waals surface area contributed by atoms with Gasteiger partial charge in [-0.15, -0.1) is 0 Å². The van der Waals surface area contributed by atoms with Crippen LogP contribution in [0, 0.1) is 0 Å². The minimum absolute atomic E-state index is 0.227. The second kappa shape index (κ2) is 7.10. The normalized spacial score (nSPS) is 22.1. The van der Waals surface area contributed by atoms with Crippen LogP contribution in [0.4, 0.5) is 0 Å². The maximum Gasteiger partial charge on any atom is 0.317 e. The van der Waals surface area contributed by atoms with E-state index < -0.39 is 5.97 Å². The number of likely N-dealkylation sites (tertiary alicyclic amines) is 1. The van der Waals surface area contributed by atoms with Crippen molar-refractivity contribution in [1.82, 2.24) is 9.80 Å². The molecule has 0 aromatic carbocycles. The molecule has 104 valence electrons. The number of aliphatic carboxylic acids is 1. The van der Waals surface area contributed by atoms with Gasteiger partial charge in [0.05, 0.1) is 6.54 Å². The quantitative estimate of drug-likeness (QED) is 0.752. The van der Waals surface area contributed by atoms with Gasteiger partial charge in [-0.1, -0.05) is 12.8 Å². The summed E-state index contributed by atoms with van der Waals surface area (Å²) in [6.45, 7) is 4.80. The molecule has 18 heavy (non-hydrogen) atoms. The van der Waals surface area contributed by atoms with Gasteiger partial charge in [0.2, 0.25) is 0 Å². The van der Waals surface area contributed by atoms with Crippen molar-refractivity contribution in [3.8, 4) is 0 Å². The van der Waals surface area contributed by atoms with E-state index in [2.05, 4.69) is 9.80 Å². The van der Waals surface area contributed by atoms with Crippen LogP contribution in [0.3, 0.4) is 0 Å². The Kier molecular flexibility index (Phi) is 5.45. The molecule has 2 rings (SSSR count). The third-order valence-electron chi connectivity index (χ3n) is 4.30. The fourth-order valence-electron chi connectivity index (χ4n) is 3.34. The number of carboxylic acid groups (broad SMARTS) is 1. The highest BCUT2D eigenvalue weighted by molar-refractivity contribution is 5.69. The standard InChI is InChI=1S/C14H26N2O2/c17-14(18)12-16(13-6-1-2-7-13)11-5-10-15-8-3-4-9-15/h13H,1-12H2,(H,17,18). The van der Waals surface area contributed by atoms with Crippen LogP contribution in [-0.4, -0.2) is 59.6 Å². The van der Waals surface area contributed by atoms with E-state index in [0.717, 1.165) is 19.5 Å². The van der Waals surface area contributed by atoms with Crippen LogP contribution in [-0.2, 0) is 4.79 Å². The fourth-order valence-corrected chi connectivity index (χ4v) is 3.34. The van der Waals surface area contributed by atoms with Gasteiger partial charge in [-0.05, 0) is 51.7 Å². The maximum absolute atomic E-state index is 10.9. The highest BCUT2D eigenvalue weighted by atomic mass is 16.4. The van der Waals surface area contributed by atoms with E-state index >= 15 is 0 Å². The zero-order valence-electron chi connectivity index (χ0n) is 11.3. The van der Waals surface area contributed by atoms with Gasteiger partial charge in [-0.3, -0.25) is 9.69 Å². The molecule has 0 aromatic rings. The lowest BCUT2D eigenvalue weighted by Crippen LogP contribution is -2.39. The molecule has 4 heteroatoms. The minimum atomic E-state index is -0.678. The molecule has 1 aliphatic heterocycles. The molecule has 2 aliphatic rings. The smallest absolute Gasteiger partial charge is 0.317 e. The molecule has 0 bridgehead atoms. The van der Waals surface area contributed by atoms with Crippen molar-refractivity contribution in [2.45, 2.75) is 51.0 Å². The van der Waals surface area contributed by atoms with Crippen LogP contribution in [0.25, 0.3) is 0 Å². The molecular weight excluding hydrogens is 228 g/mol. The Hall–Kier alpha value is -0.610. The molecule has 0 unspecified atom stereocenters. The van der Waals surface area contributed by atoms with Gasteiger partial charge in [0.1, 0.15) is 0 Å². The molecule has 0 aromatic heterocycles. The molecular formula is C14H26N2O2. The zero-order valence-corrected chi connectivity index (χ0v) is 11.3. The number of rotatable bonds is 7. The summed E-state index contributed by atoms with van der Waals surface area (Å²) in [7, 11) is 0. The van der Waals surface area contributed by atoms with E-state index in [4.69, 9.17) is 5.11 Å². The Morgan fingerprint density at radius 1 is 1.17 bits per heavy atom. The van der Waals surface area contributed by atoms with Crippen molar-refractivity contribution in [2.24, 2.45) is 0 Å². The number of hydrogen-bond donors (Lipinski definition) is 1. The van der Waals surface area contributed by atoms with Crippen LogP contribution in [0.2, 0.25) is 0 Å². The van der Waals surface area contributed by atoms with Crippen LogP contribution < -0.4 is 0 Å². The van der Waals surface area contributed by atoms with Crippen LogP contribution >= 0.6 is 0 Å². The Labute approximate surface area is 110 Å². The van der Waals surface area contributed by atoms with Crippen molar-refractivity contribution >= 4 is 5.97 Å². The van der Waals surface area contributed by atoms with E-state index in [9.17, 15) is 4.79 Å². The number of hydrogen-bond acceptors (Lipinski definition) is 3. The average molecular weight is 254 g/mol. The van der Waals surface area contributed by atoms with Crippen molar-refractivity contribution < 1.29 is 9.90 Å². The molecule has 1 aliphatic carbocycles. The number of carboxylic acids is 1. The first-order valence-corrected chi connectivity index (χ1v) is 7.44. The van der Waals surface area contributed by atoms with Gasteiger partial charge in [-0.2, -0.15) is 0 Å². The lowest BCUT2D eigenvalue weighted by Gasteiger charge is -2.27. The van der Waals surface area contributed by atoms with Crippen molar-refractivity contribution in [3.05, 3.63) is 0 Å². The highest BCUT2D eigenvalue weighted by Gasteiger charge is 2.24. The van der Waals surface area contributed by atoms with E-state index in [1.54, 1.807) is 0 Å². The lowest BCUT2D eigenvalue weighted by molar-refractivity contribution is -0.138. The number of nitrogens with zero attached hydrogens (tertiary/aromatic N) is 2. The van der Waals surface area contributed by atoms with Crippen LogP contribution in [0.15, 0.2) is 0 Å². The topological polar surface area (TPSA) is 43.8 Å². The summed E-state index contributed by atoms with van der Waals surface area (Å²) >= 11 is 0. The van der Waals surface area contributed by atoms with E-state index in [1.807, 2.05) is 0 Å². The molecule has 1 saturated heterocycles. The molecule has 4 nitrogen and oxygen atoms in total. The minimum Gasteiger partial charge on any atom is -0.480 e. The SMILES string of the molecule is O=C(O)CN(CCCN1CCCC1)C1CCCC1. The summed E-state index contributed by atoms with van der Waals surface area (Å²) in [5.74, 6) is -0.678. The molecule has 1 heterocycles. The van der Waals surface area contributed by atoms with Gasteiger partial charge < -0.3 is 10.0 Å². The molecule has 2 fully saturated rings. The third-order valence-corrected chi connectivity index (χ3v) is 4.30. The molecule has 0 amide bonds. The van der Waals surface area contributed by atoms with Crippen molar-refractivity contribution in [3.63, 3.8) is 0 Å². The van der Waals surface area contributed by atoms with Crippen LogP contribution in [0.5, 0.6) is 0 Å². The van der Waals surface area contributed by atoms with E-state index in [0.29, 0.717) is 6.04 Å².